The molecule has 0 amide bonds. The lowest BCUT2D eigenvalue weighted by atomic mass is 9.99. The van der Waals surface area contributed by atoms with Crippen LogP contribution in [0.1, 0.15) is 17.2 Å². The van der Waals surface area contributed by atoms with Gasteiger partial charge < -0.3 is 0 Å². The zero-order valence-electron chi connectivity index (χ0n) is 10.3. The van der Waals surface area contributed by atoms with Crippen LogP contribution in [0.2, 0.25) is 10.0 Å². The summed E-state index contributed by atoms with van der Waals surface area (Å²) >= 11 is 15.5. The number of hydrazine groups is 1. The van der Waals surface area contributed by atoms with E-state index in [0.29, 0.717) is 22.0 Å². The smallest absolute Gasteiger partial charge is 0.126 e. The Balaban J connectivity index is 2.34. The van der Waals surface area contributed by atoms with Crippen LogP contribution in [0.4, 0.5) is 4.39 Å². The Morgan fingerprint density at radius 2 is 2.00 bits per heavy atom. The first-order valence-electron chi connectivity index (χ1n) is 5.87. The Kier molecular flexibility index (Phi) is 5.41. The molecule has 0 fully saturated rings. The molecule has 0 aliphatic rings. The molecule has 0 aliphatic heterocycles. The van der Waals surface area contributed by atoms with Crippen LogP contribution in [0.25, 0.3) is 0 Å². The van der Waals surface area contributed by atoms with E-state index in [9.17, 15) is 4.39 Å². The Morgan fingerprint density at radius 3 is 2.70 bits per heavy atom. The lowest BCUT2D eigenvalue weighted by Gasteiger charge is -2.19. The molecule has 0 radical (unpaired) electrons. The third-order valence-electron chi connectivity index (χ3n) is 2.99. The summed E-state index contributed by atoms with van der Waals surface area (Å²) in [6.45, 7) is 0. The molecule has 3 N–H and O–H groups in total. The molecular formula is C14H12BrCl2FN2. The van der Waals surface area contributed by atoms with Gasteiger partial charge in [0.25, 0.3) is 0 Å². The number of benzene rings is 2. The van der Waals surface area contributed by atoms with Gasteiger partial charge in [0, 0.05) is 4.47 Å². The first kappa shape index (κ1) is 15.7. The van der Waals surface area contributed by atoms with E-state index in [4.69, 9.17) is 29.0 Å². The molecule has 0 spiro atoms. The predicted molar refractivity (Wildman–Crippen MR) is 84.3 cm³/mol. The molecule has 106 valence electrons. The molecule has 2 aromatic carbocycles. The Labute approximate surface area is 135 Å². The summed E-state index contributed by atoms with van der Waals surface area (Å²) in [5.74, 6) is 5.29. The first-order chi connectivity index (χ1) is 9.52. The normalized spacial score (nSPS) is 12.4. The van der Waals surface area contributed by atoms with E-state index in [1.165, 1.54) is 6.07 Å². The minimum absolute atomic E-state index is 0.286. The van der Waals surface area contributed by atoms with Crippen molar-refractivity contribution < 1.29 is 4.39 Å². The van der Waals surface area contributed by atoms with Crippen molar-refractivity contribution in [2.45, 2.75) is 12.5 Å². The second-order valence-electron chi connectivity index (χ2n) is 4.30. The molecular weight excluding hydrogens is 366 g/mol. The van der Waals surface area contributed by atoms with E-state index in [0.717, 1.165) is 10.0 Å². The molecule has 2 aromatic rings. The van der Waals surface area contributed by atoms with Gasteiger partial charge in [-0.15, -0.1) is 0 Å². The highest BCUT2D eigenvalue weighted by molar-refractivity contribution is 9.10. The summed E-state index contributed by atoms with van der Waals surface area (Å²) < 4.78 is 14.6. The number of nitrogens with two attached hydrogens (primary N) is 1. The summed E-state index contributed by atoms with van der Waals surface area (Å²) in [4.78, 5) is 0. The maximum Gasteiger partial charge on any atom is 0.126 e. The van der Waals surface area contributed by atoms with E-state index in [2.05, 4.69) is 21.4 Å². The van der Waals surface area contributed by atoms with Crippen LogP contribution in [0.3, 0.4) is 0 Å². The number of rotatable bonds is 4. The van der Waals surface area contributed by atoms with Gasteiger partial charge >= 0.3 is 0 Å². The van der Waals surface area contributed by atoms with E-state index in [1.54, 1.807) is 24.3 Å². The van der Waals surface area contributed by atoms with Gasteiger partial charge in [-0.3, -0.25) is 11.3 Å². The first-order valence-corrected chi connectivity index (χ1v) is 7.41. The van der Waals surface area contributed by atoms with Crippen LogP contribution in [-0.2, 0) is 6.42 Å². The average Bonchev–Trinajstić information content (AvgIpc) is 2.43. The molecule has 1 unspecified atom stereocenters. The number of hydrogen-bond acceptors (Lipinski definition) is 2. The number of halogens is 4. The van der Waals surface area contributed by atoms with Crippen LogP contribution >= 0.6 is 39.1 Å². The second kappa shape index (κ2) is 6.87. The molecule has 20 heavy (non-hydrogen) atoms. The standard InChI is InChI=1S/C14H12BrCl2FN2/c15-9-4-5-12(18)8(6-9)7-13(20-19)10-2-1-3-11(16)14(10)17/h1-6,13,20H,7,19H2. The van der Waals surface area contributed by atoms with Crippen molar-refractivity contribution in [2.24, 2.45) is 5.84 Å². The Bertz CT molecular complexity index is 622. The highest BCUT2D eigenvalue weighted by Crippen LogP contribution is 2.32. The summed E-state index contributed by atoms with van der Waals surface area (Å²) in [6.07, 6.45) is 0.363. The third-order valence-corrected chi connectivity index (χ3v) is 4.32. The monoisotopic (exact) mass is 376 g/mol. The Morgan fingerprint density at radius 1 is 1.25 bits per heavy atom. The average molecular weight is 378 g/mol. The minimum atomic E-state index is -0.329. The quantitative estimate of drug-likeness (QED) is 0.601. The van der Waals surface area contributed by atoms with Gasteiger partial charge in [0.05, 0.1) is 16.1 Å². The highest BCUT2D eigenvalue weighted by Gasteiger charge is 2.17. The Hall–Kier alpha value is -0.650. The van der Waals surface area contributed by atoms with E-state index < -0.39 is 0 Å². The van der Waals surface area contributed by atoms with Gasteiger partial charge in [0.15, 0.2) is 0 Å². The van der Waals surface area contributed by atoms with Crippen LogP contribution in [-0.4, -0.2) is 0 Å². The van der Waals surface area contributed by atoms with Crippen molar-refractivity contribution in [1.82, 2.24) is 5.43 Å². The fourth-order valence-electron chi connectivity index (χ4n) is 1.97. The topological polar surface area (TPSA) is 38.0 Å². The van der Waals surface area contributed by atoms with Crippen LogP contribution < -0.4 is 11.3 Å². The highest BCUT2D eigenvalue weighted by atomic mass is 79.9. The molecule has 2 nitrogen and oxygen atoms in total. The summed E-state index contributed by atoms with van der Waals surface area (Å²) in [7, 11) is 0. The number of nitrogens with one attached hydrogen (secondary N) is 1. The molecule has 2 rings (SSSR count). The molecule has 0 aliphatic carbocycles. The fraction of sp³-hybridized carbons (Fsp3) is 0.143. The van der Waals surface area contributed by atoms with Gasteiger partial charge in [-0.05, 0) is 41.8 Å². The largest absolute Gasteiger partial charge is 0.271 e. The van der Waals surface area contributed by atoms with Gasteiger partial charge in [-0.2, -0.15) is 0 Å². The molecule has 0 saturated carbocycles. The van der Waals surface area contributed by atoms with Gasteiger partial charge in [0.1, 0.15) is 5.82 Å². The summed E-state index contributed by atoms with van der Waals surface area (Å²) in [5, 5.41) is 0.867. The van der Waals surface area contributed by atoms with Gasteiger partial charge in [0.2, 0.25) is 0 Å². The SMILES string of the molecule is NNC(Cc1cc(Br)ccc1F)c1cccc(Cl)c1Cl. The zero-order chi connectivity index (χ0) is 14.7. The zero-order valence-corrected chi connectivity index (χ0v) is 13.4. The van der Waals surface area contributed by atoms with Crippen LogP contribution in [0, 0.1) is 5.82 Å². The molecule has 0 saturated heterocycles. The van der Waals surface area contributed by atoms with Crippen molar-refractivity contribution >= 4 is 39.1 Å². The summed E-state index contributed by atoms with van der Waals surface area (Å²) in [5.41, 5.74) is 3.93. The molecule has 0 heterocycles. The molecule has 0 bridgehead atoms. The predicted octanol–water partition coefficient (Wildman–Crippen LogP) is 4.64. The lowest BCUT2D eigenvalue weighted by molar-refractivity contribution is 0.529. The number of hydrogen-bond donors (Lipinski definition) is 2. The van der Waals surface area contributed by atoms with E-state index >= 15 is 0 Å². The van der Waals surface area contributed by atoms with Crippen molar-refractivity contribution in [3.8, 4) is 0 Å². The fourth-order valence-corrected chi connectivity index (χ4v) is 2.82. The van der Waals surface area contributed by atoms with Crippen LogP contribution in [0.5, 0.6) is 0 Å². The molecule has 6 heteroatoms. The van der Waals surface area contributed by atoms with Gasteiger partial charge in [-0.25, -0.2) is 4.39 Å². The minimum Gasteiger partial charge on any atom is -0.271 e. The summed E-state index contributed by atoms with van der Waals surface area (Å²) in [6, 6.07) is 9.74. The molecule has 0 aromatic heterocycles. The third kappa shape index (κ3) is 3.51. The van der Waals surface area contributed by atoms with Crippen molar-refractivity contribution in [2.75, 3.05) is 0 Å². The van der Waals surface area contributed by atoms with E-state index in [1.807, 2.05) is 6.07 Å². The van der Waals surface area contributed by atoms with Crippen LogP contribution in [0.15, 0.2) is 40.9 Å². The lowest BCUT2D eigenvalue weighted by Crippen LogP contribution is -2.30. The van der Waals surface area contributed by atoms with Crippen molar-refractivity contribution in [1.29, 1.82) is 0 Å². The van der Waals surface area contributed by atoms with Gasteiger partial charge in [-0.1, -0.05) is 51.3 Å². The maximum absolute atomic E-state index is 13.8. The van der Waals surface area contributed by atoms with Crippen molar-refractivity contribution in [3.63, 3.8) is 0 Å². The van der Waals surface area contributed by atoms with Crippen molar-refractivity contribution in [3.05, 3.63) is 67.9 Å². The second-order valence-corrected chi connectivity index (χ2v) is 6.00. The molecule has 1 atom stereocenters. The maximum atomic E-state index is 13.8. The van der Waals surface area contributed by atoms with E-state index in [-0.39, 0.29) is 11.9 Å².